The Morgan fingerprint density at radius 1 is 1.00 bits per heavy atom. The minimum atomic E-state index is -4.18. The van der Waals surface area contributed by atoms with Crippen LogP contribution in [-0.4, -0.2) is 20.9 Å². The summed E-state index contributed by atoms with van der Waals surface area (Å²) in [6.07, 6.45) is 0. The molecule has 0 aliphatic rings. The highest BCUT2D eigenvalue weighted by Crippen LogP contribution is 2.25. The summed E-state index contributed by atoms with van der Waals surface area (Å²) in [7, 11) is -4.18. The van der Waals surface area contributed by atoms with Crippen molar-refractivity contribution in [3.8, 4) is 0 Å². The first-order chi connectivity index (χ1) is 14.2. The summed E-state index contributed by atoms with van der Waals surface area (Å²) in [5, 5.41) is 2.38. The Morgan fingerprint density at radius 2 is 1.63 bits per heavy atom. The number of carbonyl (C=O) groups excluding carboxylic acids is 1. The normalized spacial score (nSPS) is 11.2. The molecule has 5 nitrogen and oxygen atoms in total. The number of sulfonamides is 1. The van der Waals surface area contributed by atoms with Crippen molar-refractivity contribution in [3.63, 3.8) is 0 Å². The maximum Gasteiger partial charge on any atom is 0.264 e. The SMILES string of the molecule is Cc1ccc(N(CC(=O)Nc2ccc(Br)cc2F)S(=O)(=O)c2ccc(F)cc2)cc1. The number of rotatable bonds is 6. The van der Waals surface area contributed by atoms with Crippen LogP contribution in [0.4, 0.5) is 20.2 Å². The summed E-state index contributed by atoms with van der Waals surface area (Å²) in [5.74, 6) is -1.98. The Balaban J connectivity index is 1.94. The molecule has 0 radical (unpaired) electrons. The van der Waals surface area contributed by atoms with Crippen LogP contribution in [0.25, 0.3) is 0 Å². The van der Waals surface area contributed by atoms with Crippen molar-refractivity contribution in [3.05, 3.63) is 88.4 Å². The molecule has 0 aliphatic carbocycles. The van der Waals surface area contributed by atoms with E-state index in [0.29, 0.717) is 4.47 Å². The fourth-order valence-corrected chi connectivity index (χ4v) is 4.43. The number of benzene rings is 3. The van der Waals surface area contributed by atoms with Crippen molar-refractivity contribution in [2.45, 2.75) is 11.8 Å². The molecular formula is C21H17BrF2N2O3S. The van der Waals surface area contributed by atoms with E-state index in [1.165, 1.54) is 12.1 Å². The summed E-state index contributed by atoms with van der Waals surface area (Å²) in [5.41, 5.74) is 1.07. The number of hydrogen-bond acceptors (Lipinski definition) is 3. The summed E-state index contributed by atoms with van der Waals surface area (Å²) < 4.78 is 55.0. The minimum absolute atomic E-state index is 0.0776. The van der Waals surface area contributed by atoms with Crippen LogP contribution in [0.3, 0.4) is 0 Å². The van der Waals surface area contributed by atoms with E-state index in [-0.39, 0.29) is 16.3 Å². The number of amides is 1. The first kappa shape index (κ1) is 21.9. The number of hydrogen-bond donors (Lipinski definition) is 1. The van der Waals surface area contributed by atoms with Gasteiger partial charge in [0.2, 0.25) is 5.91 Å². The number of halogens is 3. The van der Waals surface area contributed by atoms with Crippen LogP contribution >= 0.6 is 15.9 Å². The van der Waals surface area contributed by atoms with Gasteiger partial charge in [-0.2, -0.15) is 0 Å². The molecular weight excluding hydrogens is 478 g/mol. The maximum absolute atomic E-state index is 14.0. The number of carbonyl (C=O) groups is 1. The fraction of sp³-hybridized carbons (Fsp3) is 0.0952. The van der Waals surface area contributed by atoms with Crippen molar-refractivity contribution in [2.24, 2.45) is 0 Å². The average Bonchev–Trinajstić information content (AvgIpc) is 2.69. The predicted octanol–water partition coefficient (Wildman–Crippen LogP) is 4.87. The van der Waals surface area contributed by atoms with Gasteiger partial charge in [-0.1, -0.05) is 33.6 Å². The van der Waals surface area contributed by atoms with Crippen LogP contribution in [0, 0.1) is 18.6 Å². The van der Waals surface area contributed by atoms with E-state index in [1.807, 2.05) is 6.92 Å². The molecule has 3 aromatic rings. The van der Waals surface area contributed by atoms with E-state index < -0.39 is 34.1 Å². The largest absolute Gasteiger partial charge is 0.322 e. The molecule has 0 atom stereocenters. The minimum Gasteiger partial charge on any atom is -0.322 e. The molecule has 9 heteroatoms. The number of nitrogens with zero attached hydrogens (tertiary/aromatic N) is 1. The van der Waals surface area contributed by atoms with Gasteiger partial charge in [-0.15, -0.1) is 0 Å². The van der Waals surface area contributed by atoms with Crippen LogP contribution in [0.5, 0.6) is 0 Å². The third-order valence-electron chi connectivity index (χ3n) is 4.22. The standard InChI is InChI=1S/C21H17BrF2N2O3S/c1-14-2-7-17(8-3-14)26(30(28,29)18-9-5-16(23)6-10-18)13-21(27)25-20-11-4-15(22)12-19(20)24/h2-12H,13H2,1H3,(H,25,27). The van der Waals surface area contributed by atoms with Crippen LogP contribution in [0.15, 0.2) is 76.1 Å². The van der Waals surface area contributed by atoms with Crippen molar-refractivity contribution < 1.29 is 22.0 Å². The first-order valence-corrected chi connectivity index (χ1v) is 11.0. The Bertz CT molecular complexity index is 1170. The Kier molecular flexibility index (Phi) is 6.52. The smallest absolute Gasteiger partial charge is 0.264 e. The number of aryl methyl sites for hydroxylation is 1. The molecule has 1 amide bonds. The second kappa shape index (κ2) is 8.93. The monoisotopic (exact) mass is 494 g/mol. The lowest BCUT2D eigenvalue weighted by atomic mass is 10.2. The van der Waals surface area contributed by atoms with Crippen LogP contribution in [0.1, 0.15) is 5.56 Å². The van der Waals surface area contributed by atoms with E-state index in [9.17, 15) is 22.0 Å². The third-order valence-corrected chi connectivity index (χ3v) is 6.50. The Hall–Kier alpha value is -2.78. The van der Waals surface area contributed by atoms with E-state index in [0.717, 1.165) is 34.1 Å². The second-order valence-electron chi connectivity index (χ2n) is 6.47. The van der Waals surface area contributed by atoms with Crippen molar-refractivity contribution in [1.29, 1.82) is 0 Å². The quantitative estimate of drug-likeness (QED) is 0.531. The Labute approximate surface area is 181 Å². The lowest BCUT2D eigenvalue weighted by molar-refractivity contribution is -0.114. The first-order valence-electron chi connectivity index (χ1n) is 8.77. The Morgan fingerprint density at radius 3 is 2.23 bits per heavy atom. The van der Waals surface area contributed by atoms with Gasteiger partial charge in [-0.3, -0.25) is 9.10 Å². The molecule has 0 saturated carbocycles. The molecule has 0 aromatic heterocycles. The van der Waals surface area contributed by atoms with Crippen LogP contribution in [0.2, 0.25) is 0 Å². The zero-order chi connectivity index (χ0) is 21.9. The third kappa shape index (κ3) is 5.03. The maximum atomic E-state index is 14.0. The zero-order valence-corrected chi connectivity index (χ0v) is 18.2. The molecule has 1 N–H and O–H groups in total. The second-order valence-corrected chi connectivity index (χ2v) is 9.25. The molecule has 0 heterocycles. The highest BCUT2D eigenvalue weighted by Gasteiger charge is 2.27. The van der Waals surface area contributed by atoms with Crippen molar-refractivity contribution in [1.82, 2.24) is 0 Å². The van der Waals surface area contributed by atoms with Gasteiger partial charge < -0.3 is 5.32 Å². The zero-order valence-electron chi connectivity index (χ0n) is 15.8. The van der Waals surface area contributed by atoms with Crippen molar-refractivity contribution in [2.75, 3.05) is 16.2 Å². The molecule has 0 spiro atoms. The van der Waals surface area contributed by atoms with Gasteiger partial charge in [0, 0.05) is 4.47 Å². The predicted molar refractivity (Wildman–Crippen MR) is 115 cm³/mol. The lowest BCUT2D eigenvalue weighted by Crippen LogP contribution is -2.38. The molecule has 0 bridgehead atoms. The van der Waals surface area contributed by atoms with Gasteiger partial charge >= 0.3 is 0 Å². The molecule has 156 valence electrons. The molecule has 0 fully saturated rings. The molecule has 3 rings (SSSR count). The summed E-state index contributed by atoms with van der Waals surface area (Å²) >= 11 is 3.13. The van der Waals surface area contributed by atoms with Crippen molar-refractivity contribution >= 4 is 43.2 Å². The van der Waals surface area contributed by atoms with Gasteiger partial charge in [-0.25, -0.2) is 17.2 Å². The fourth-order valence-electron chi connectivity index (χ4n) is 2.67. The summed E-state index contributed by atoms with van der Waals surface area (Å²) in [4.78, 5) is 12.4. The van der Waals surface area contributed by atoms with E-state index >= 15 is 0 Å². The van der Waals surface area contributed by atoms with E-state index in [1.54, 1.807) is 30.3 Å². The van der Waals surface area contributed by atoms with Gasteiger partial charge in [-0.05, 0) is 61.5 Å². The van der Waals surface area contributed by atoms with Gasteiger partial charge in [0.1, 0.15) is 18.2 Å². The summed E-state index contributed by atoms with van der Waals surface area (Å²) in [6.45, 7) is 1.24. The van der Waals surface area contributed by atoms with Crippen LogP contribution < -0.4 is 9.62 Å². The topological polar surface area (TPSA) is 66.5 Å². The van der Waals surface area contributed by atoms with Gasteiger partial charge in [0.05, 0.1) is 16.3 Å². The lowest BCUT2D eigenvalue weighted by Gasteiger charge is -2.24. The average molecular weight is 495 g/mol. The molecule has 0 saturated heterocycles. The molecule has 0 unspecified atom stereocenters. The number of nitrogens with one attached hydrogen (secondary N) is 1. The van der Waals surface area contributed by atoms with Gasteiger partial charge in [0.15, 0.2) is 0 Å². The molecule has 30 heavy (non-hydrogen) atoms. The highest BCUT2D eigenvalue weighted by molar-refractivity contribution is 9.10. The molecule has 3 aromatic carbocycles. The van der Waals surface area contributed by atoms with Gasteiger partial charge in [0.25, 0.3) is 10.0 Å². The summed E-state index contributed by atoms with van der Waals surface area (Å²) in [6, 6.07) is 14.9. The molecule has 0 aliphatic heterocycles. The number of anilines is 2. The van der Waals surface area contributed by atoms with E-state index in [2.05, 4.69) is 21.2 Å². The van der Waals surface area contributed by atoms with Crippen LogP contribution in [-0.2, 0) is 14.8 Å². The van der Waals surface area contributed by atoms with E-state index in [4.69, 9.17) is 0 Å². The highest BCUT2D eigenvalue weighted by atomic mass is 79.9.